The van der Waals surface area contributed by atoms with Crippen molar-refractivity contribution in [2.24, 2.45) is 0 Å². The van der Waals surface area contributed by atoms with Gasteiger partial charge in [-0.2, -0.15) is 5.54 Å². The zero-order chi connectivity index (χ0) is 19.2. The smallest absolute Gasteiger partial charge is 0.303 e. The first-order chi connectivity index (χ1) is 13.1. The van der Waals surface area contributed by atoms with Crippen LogP contribution < -0.4 is 5.54 Å². The van der Waals surface area contributed by atoms with E-state index < -0.39 is 5.97 Å². The number of fused-ring (bicyclic) bond motifs is 1. The first-order valence-corrected chi connectivity index (χ1v) is 8.98. The van der Waals surface area contributed by atoms with Crippen molar-refractivity contribution in [1.29, 1.82) is 0 Å². The van der Waals surface area contributed by atoms with Gasteiger partial charge in [0.05, 0.1) is 6.04 Å². The number of carboxylic acids is 1. The molecule has 1 aromatic heterocycles. The predicted molar refractivity (Wildman–Crippen MR) is 97.8 cm³/mol. The van der Waals surface area contributed by atoms with Crippen LogP contribution in [0.5, 0.6) is 0 Å². The molecular formula is C20H22FN3O3. The SMILES string of the molecule is O=C(O)CCC1c2ccccc2C(=O)N(CCCNF)C1c1cccnc1. The Labute approximate surface area is 157 Å². The standard InChI is InChI=1S/C20H22FN3O3/c21-23-11-4-12-24-19(14-5-3-10-22-13-14)16(8-9-18(25)26)15-6-1-2-7-17(15)20(24)27/h1-3,5-7,10,13,16,19,23H,4,8-9,11-12H2,(H,25,26). The lowest BCUT2D eigenvalue weighted by molar-refractivity contribution is -0.137. The number of hydrogen-bond acceptors (Lipinski definition) is 4. The summed E-state index contributed by atoms with van der Waals surface area (Å²) in [4.78, 5) is 30.3. The van der Waals surface area contributed by atoms with Gasteiger partial charge in [-0.3, -0.25) is 14.6 Å². The molecule has 0 spiro atoms. The Morgan fingerprint density at radius 2 is 2.07 bits per heavy atom. The number of rotatable bonds is 8. The number of halogens is 1. The van der Waals surface area contributed by atoms with E-state index in [4.69, 9.17) is 0 Å². The topological polar surface area (TPSA) is 82.5 Å². The van der Waals surface area contributed by atoms with Gasteiger partial charge in [0.15, 0.2) is 0 Å². The number of nitrogens with zero attached hydrogens (tertiary/aromatic N) is 2. The van der Waals surface area contributed by atoms with Gasteiger partial charge >= 0.3 is 5.97 Å². The molecule has 1 aromatic carbocycles. The van der Waals surface area contributed by atoms with E-state index in [1.54, 1.807) is 41.0 Å². The third kappa shape index (κ3) is 4.14. The van der Waals surface area contributed by atoms with Gasteiger partial charge in [-0.15, -0.1) is 4.48 Å². The average molecular weight is 371 g/mol. The molecule has 1 amide bonds. The molecule has 27 heavy (non-hydrogen) atoms. The molecule has 0 saturated carbocycles. The number of aromatic nitrogens is 1. The van der Waals surface area contributed by atoms with Crippen LogP contribution >= 0.6 is 0 Å². The second-order valence-corrected chi connectivity index (χ2v) is 6.59. The van der Waals surface area contributed by atoms with Crippen LogP contribution in [0.1, 0.15) is 52.7 Å². The van der Waals surface area contributed by atoms with Crippen LogP contribution in [0.15, 0.2) is 48.8 Å². The fourth-order valence-corrected chi connectivity index (χ4v) is 3.80. The molecule has 6 nitrogen and oxygen atoms in total. The van der Waals surface area contributed by atoms with Crippen molar-refractivity contribution < 1.29 is 19.2 Å². The van der Waals surface area contributed by atoms with Gasteiger partial charge in [-0.05, 0) is 36.1 Å². The Kier molecular flexibility index (Phi) is 6.13. The minimum absolute atomic E-state index is 0.00380. The largest absolute Gasteiger partial charge is 0.481 e. The van der Waals surface area contributed by atoms with Crippen LogP contribution in [0.4, 0.5) is 4.48 Å². The molecule has 1 aliphatic rings. The molecule has 0 saturated heterocycles. The van der Waals surface area contributed by atoms with Gasteiger partial charge in [-0.25, -0.2) is 0 Å². The molecule has 0 bridgehead atoms. The lowest BCUT2D eigenvalue weighted by Crippen LogP contribution is -2.43. The van der Waals surface area contributed by atoms with Gasteiger partial charge in [0, 0.05) is 43.4 Å². The van der Waals surface area contributed by atoms with E-state index >= 15 is 0 Å². The molecule has 2 unspecified atom stereocenters. The van der Waals surface area contributed by atoms with Crippen LogP contribution in [-0.2, 0) is 4.79 Å². The number of aliphatic carboxylic acids is 1. The molecular weight excluding hydrogens is 349 g/mol. The summed E-state index contributed by atoms with van der Waals surface area (Å²) in [6.07, 6.45) is 4.22. The summed E-state index contributed by atoms with van der Waals surface area (Å²) in [5.74, 6) is -1.16. The van der Waals surface area contributed by atoms with Crippen LogP contribution in [0.25, 0.3) is 0 Å². The summed E-state index contributed by atoms with van der Waals surface area (Å²) in [6, 6.07) is 10.7. The maximum Gasteiger partial charge on any atom is 0.303 e. The maximum absolute atomic E-state index is 13.2. The monoisotopic (exact) mass is 371 g/mol. The molecule has 1 aliphatic heterocycles. The minimum atomic E-state index is -0.873. The molecule has 2 heterocycles. The zero-order valence-corrected chi connectivity index (χ0v) is 14.8. The van der Waals surface area contributed by atoms with Crippen molar-refractivity contribution in [1.82, 2.24) is 15.4 Å². The lowest BCUT2D eigenvalue weighted by Gasteiger charge is -2.42. The van der Waals surface area contributed by atoms with E-state index in [9.17, 15) is 19.2 Å². The Morgan fingerprint density at radius 1 is 1.26 bits per heavy atom. The minimum Gasteiger partial charge on any atom is -0.481 e. The summed E-state index contributed by atoms with van der Waals surface area (Å²) < 4.78 is 12.4. The summed E-state index contributed by atoms with van der Waals surface area (Å²) in [7, 11) is 0. The molecule has 0 radical (unpaired) electrons. The Balaban J connectivity index is 2.05. The van der Waals surface area contributed by atoms with E-state index in [2.05, 4.69) is 4.98 Å². The normalized spacial score (nSPS) is 19.0. The number of benzene rings is 1. The second-order valence-electron chi connectivity index (χ2n) is 6.59. The Hall–Kier alpha value is -2.80. The first-order valence-electron chi connectivity index (χ1n) is 8.98. The van der Waals surface area contributed by atoms with E-state index in [1.807, 2.05) is 18.2 Å². The van der Waals surface area contributed by atoms with Crippen LogP contribution in [-0.4, -0.2) is 40.0 Å². The van der Waals surface area contributed by atoms with Gasteiger partial charge in [0.25, 0.3) is 5.91 Å². The van der Waals surface area contributed by atoms with Crippen molar-refractivity contribution >= 4 is 11.9 Å². The van der Waals surface area contributed by atoms with E-state index in [0.717, 1.165) is 11.1 Å². The summed E-state index contributed by atoms with van der Waals surface area (Å²) in [6.45, 7) is 0.512. The maximum atomic E-state index is 13.2. The summed E-state index contributed by atoms with van der Waals surface area (Å²) >= 11 is 0. The third-order valence-corrected chi connectivity index (χ3v) is 4.93. The number of carbonyl (C=O) groups excluding carboxylic acids is 1. The Morgan fingerprint density at radius 3 is 2.78 bits per heavy atom. The van der Waals surface area contributed by atoms with E-state index in [0.29, 0.717) is 24.9 Å². The number of nitrogens with one attached hydrogen (secondary N) is 1. The zero-order valence-electron chi connectivity index (χ0n) is 14.8. The number of hydrogen-bond donors (Lipinski definition) is 2. The molecule has 2 atom stereocenters. The van der Waals surface area contributed by atoms with Gasteiger partial charge in [0.1, 0.15) is 0 Å². The highest BCUT2D eigenvalue weighted by atomic mass is 19.2. The van der Waals surface area contributed by atoms with Crippen molar-refractivity contribution in [3.63, 3.8) is 0 Å². The van der Waals surface area contributed by atoms with E-state index in [-0.39, 0.29) is 30.8 Å². The van der Waals surface area contributed by atoms with Crippen molar-refractivity contribution in [3.05, 3.63) is 65.5 Å². The van der Waals surface area contributed by atoms with Gasteiger partial charge in [-0.1, -0.05) is 24.3 Å². The second kappa shape index (κ2) is 8.73. The first kappa shape index (κ1) is 19.0. The number of carboxylic acid groups (broad SMARTS) is 1. The molecule has 7 heteroatoms. The number of pyridine rings is 1. The van der Waals surface area contributed by atoms with Crippen molar-refractivity contribution in [2.45, 2.75) is 31.2 Å². The average Bonchev–Trinajstić information content (AvgIpc) is 2.69. The fourth-order valence-electron chi connectivity index (χ4n) is 3.80. The number of carbonyl (C=O) groups is 2. The van der Waals surface area contributed by atoms with E-state index in [1.165, 1.54) is 0 Å². The third-order valence-electron chi connectivity index (χ3n) is 4.93. The molecule has 2 N–H and O–H groups in total. The Bertz CT molecular complexity index is 800. The fraction of sp³-hybridized carbons (Fsp3) is 0.350. The molecule has 0 aliphatic carbocycles. The van der Waals surface area contributed by atoms with Crippen LogP contribution in [0, 0.1) is 0 Å². The molecule has 2 aromatic rings. The van der Waals surface area contributed by atoms with Crippen LogP contribution in [0.3, 0.4) is 0 Å². The van der Waals surface area contributed by atoms with Crippen molar-refractivity contribution in [3.8, 4) is 0 Å². The molecule has 0 fully saturated rings. The highest BCUT2D eigenvalue weighted by molar-refractivity contribution is 5.97. The number of amides is 1. The molecule has 142 valence electrons. The van der Waals surface area contributed by atoms with Crippen LogP contribution in [0.2, 0.25) is 0 Å². The highest BCUT2D eigenvalue weighted by Crippen LogP contribution is 2.44. The van der Waals surface area contributed by atoms with Gasteiger partial charge in [0.2, 0.25) is 0 Å². The lowest BCUT2D eigenvalue weighted by atomic mass is 9.77. The summed E-state index contributed by atoms with van der Waals surface area (Å²) in [5.41, 5.74) is 3.91. The summed E-state index contributed by atoms with van der Waals surface area (Å²) in [5, 5.41) is 9.20. The predicted octanol–water partition coefficient (Wildman–Crippen LogP) is 3.09. The quantitative estimate of drug-likeness (QED) is 0.550. The highest BCUT2D eigenvalue weighted by Gasteiger charge is 2.40. The van der Waals surface area contributed by atoms with Gasteiger partial charge < -0.3 is 10.0 Å². The molecule has 3 rings (SSSR count). The van der Waals surface area contributed by atoms with Crippen molar-refractivity contribution in [2.75, 3.05) is 13.1 Å².